The van der Waals surface area contributed by atoms with Gasteiger partial charge in [0.1, 0.15) is 0 Å². The van der Waals surface area contributed by atoms with Crippen molar-refractivity contribution in [1.29, 1.82) is 0 Å². The summed E-state index contributed by atoms with van der Waals surface area (Å²) in [5.41, 5.74) is 1.40. The highest BCUT2D eigenvalue weighted by Gasteiger charge is 2.44. The molecule has 3 rings (SSSR count). The number of carbonyl (C=O) groups is 2. The number of rotatable bonds is 4. The van der Waals surface area contributed by atoms with Crippen LogP contribution in [0.15, 0.2) is 18.5 Å². The van der Waals surface area contributed by atoms with E-state index in [4.69, 9.17) is 0 Å². The van der Waals surface area contributed by atoms with E-state index < -0.39 is 24.4 Å². The van der Waals surface area contributed by atoms with Crippen LogP contribution in [0.25, 0.3) is 0 Å². The number of nitrogens with zero attached hydrogens (tertiary/aromatic N) is 2. The number of halogens is 2. The van der Waals surface area contributed by atoms with Gasteiger partial charge in [-0.1, -0.05) is 0 Å². The minimum absolute atomic E-state index is 0.272. The fraction of sp³-hybridized carbons (Fsp3) is 0.562. The highest BCUT2D eigenvalue weighted by atomic mass is 19.3. The average Bonchev–Trinajstić information content (AvgIpc) is 3.30. The van der Waals surface area contributed by atoms with Crippen LogP contribution in [-0.4, -0.2) is 46.8 Å². The Morgan fingerprint density at radius 2 is 2.17 bits per heavy atom. The monoisotopic (exact) mass is 323 g/mol. The Labute approximate surface area is 133 Å². The highest BCUT2D eigenvalue weighted by Crippen LogP contribution is 2.41. The quantitative estimate of drug-likeness (QED) is 0.921. The molecule has 1 aromatic rings. The highest BCUT2D eigenvalue weighted by molar-refractivity contribution is 5.97. The second-order valence-electron chi connectivity index (χ2n) is 6.35. The molecule has 0 spiro atoms. The van der Waals surface area contributed by atoms with E-state index in [0.717, 1.165) is 23.3 Å². The number of hydrogen-bond acceptors (Lipinski definition) is 3. The van der Waals surface area contributed by atoms with Crippen LogP contribution >= 0.6 is 0 Å². The van der Waals surface area contributed by atoms with Gasteiger partial charge in [0.05, 0.1) is 13.1 Å². The van der Waals surface area contributed by atoms with Gasteiger partial charge in [-0.2, -0.15) is 0 Å². The first-order chi connectivity index (χ1) is 10.9. The van der Waals surface area contributed by atoms with Crippen molar-refractivity contribution in [2.75, 3.05) is 13.1 Å². The molecule has 2 heterocycles. The maximum atomic E-state index is 13.3. The Balaban J connectivity index is 1.60. The van der Waals surface area contributed by atoms with Gasteiger partial charge < -0.3 is 10.2 Å². The van der Waals surface area contributed by atoms with Crippen molar-refractivity contribution in [1.82, 2.24) is 15.2 Å². The van der Waals surface area contributed by atoms with Crippen LogP contribution < -0.4 is 5.32 Å². The molecule has 0 radical (unpaired) electrons. The van der Waals surface area contributed by atoms with Crippen LogP contribution in [0.4, 0.5) is 8.78 Å². The van der Waals surface area contributed by atoms with Crippen molar-refractivity contribution in [3.63, 3.8) is 0 Å². The van der Waals surface area contributed by atoms with Gasteiger partial charge in [0.15, 0.2) is 0 Å². The number of nitrogens with one attached hydrogen (secondary N) is 1. The zero-order valence-corrected chi connectivity index (χ0v) is 12.9. The predicted octanol–water partition coefficient (Wildman–Crippen LogP) is 1.94. The van der Waals surface area contributed by atoms with Gasteiger partial charge in [0, 0.05) is 30.4 Å². The van der Waals surface area contributed by atoms with Crippen LogP contribution in [-0.2, 0) is 4.79 Å². The van der Waals surface area contributed by atoms with Crippen molar-refractivity contribution >= 4 is 11.8 Å². The molecule has 1 N–H and O–H groups in total. The van der Waals surface area contributed by atoms with Gasteiger partial charge in [-0.25, -0.2) is 8.78 Å². The SMILES string of the molecule is C[C@H]1CC(F)(F)CN1C(=O)CNC(=O)c1ccncc1C1CC1. The maximum absolute atomic E-state index is 13.3. The summed E-state index contributed by atoms with van der Waals surface area (Å²) in [5, 5.41) is 2.54. The van der Waals surface area contributed by atoms with E-state index in [1.165, 1.54) is 6.20 Å². The lowest BCUT2D eigenvalue weighted by Crippen LogP contribution is -2.42. The zero-order chi connectivity index (χ0) is 16.6. The molecule has 2 amide bonds. The first-order valence-corrected chi connectivity index (χ1v) is 7.77. The molecular weight excluding hydrogens is 304 g/mol. The molecule has 1 atom stereocenters. The van der Waals surface area contributed by atoms with Crippen molar-refractivity contribution in [3.8, 4) is 0 Å². The summed E-state index contributed by atoms with van der Waals surface area (Å²) in [6.07, 6.45) is 4.95. The van der Waals surface area contributed by atoms with Crippen LogP contribution in [0, 0.1) is 0 Å². The lowest BCUT2D eigenvalue weighted by atomic mass is 10.1. The number of likely N-dealkylation sites (tertiary alicyclic amines) is 1. The summed E-state index contributed by atoms with van der Waals surface area (Å²) in [5.74, 6) is -3.33. The third kappa shape index (κ3) is 3.48. The van der Waals surface area contributed by atoms with Gasteiger partial charge in [-0.05, 0) is 37.3 Å². The third-order valence-electron chi connectivity index (χ3n) is 4.36. The predicted molar refractivity (Wildman–Crippen MR) is 79.3 cm³/mol. The molecular formula is C16H19F2N3O2. The minimum atomic E-state index is -2.84. The van der Waals surface area contributed by atoms with Gasteiger partial charge in [0.2, 0.25) is 5.91 Å². The van der Waals surface area contributed by atoms with Crippen molar-refractivity contribution in [2.45, 2.75) is 44.1 Å². The summed E-state index contributed by atoms with van der Waals surface area (Å²) in [4.78, 5) is 29.5. The first kappa shape index (κ1) is 15.8. The topological polar surface area (TPSA) is 62.3 Å². The molecule has 1 aliphatic heterocycles. The van der Waals surface area contributed by atoms with Gasteiger partial charge in [-0.15, -0.1) is 0 Å². The van der Waals surface area contributed by atoms with Crippen molar-refractivity contribution in [2.24, 2.45) is 0 Å². The lowest BCUT2D eigenvalue weighted by molar-refractivity contribution is -0.131. The number of hydrogen-bond donors (Lipinski definition) is 1. The largest absolute Gasteiger partial charge is 0.343 e. The standard InChI is InChI=1S/C16H19F2N3O2/c1-10-6-16(17,18)9-21(10)14(22)8-20-15(23)12-4-5-19-7-13(12)11-2-3-11/h4-5,7,10-11H,2-3,6,8-9H2,1H3,(H,20,23)/t10-/m0/s1. The Bertz CT molecular complexity index is 632. The van der Waals surface area contributed by atoms with Gasteiger partial charge in [-0.3, -0.25) is 14.6 Å². The second kappa shape index (κ2) is 5.86. The van der Waals surface area contributed by atoms with E-state index in [2.05, 4.69) is 10.3 Å². The molecule has 23 heavy (non-hydrogen) atoms. The summed E-state index contributed by atoms with van der Waals surface area (Å²) in [7, 11) is 0. The molecule has 5 nitrogen and oxygen atoms in total. The molecule has 0 bridgehead atoms. The number of pyridine rings is 1. The molecule has 2 aliphatic rings. The molecule has 0 unspecified atom stereocenters. The summed E-state index contributed by atoms with van der Waals surface area (Å²) < 4.78 is 26.7. The number of alkyl halides is 2. The van der Waals surface area contributed by atoms with E-state index in [-0.39, 0.29) is 18.9 Å². The normalized spacial score (nSPS) is 22.9. The number of amides is 2. The molecule has 1 saturated heterocycles. The molecule has 0 aromatic carbocycles. The molecule has 1 aromatic heterocycles. The zero-order valence-electron chi connectivity index (χ0n) is 12.9. The Kier molecular flexibility index (Phi) is 4.04. The fourth-order valence-corrected chi connectivity index (χ4v) is 3.03. The molecule has 124 valence electrons. The van der Waals surface area contributed by atoms with Crippen molar-refractivity contribution in [3.05, 3.63) is 29.6 Å². The van der Waals surface area contributed by atoms with Crippen LogP contribution in [0.2, 0.25) is 0 Å². The molecule has 7 heteroatoms. The summed E-state index contributed by atoms with van der Waals surface area (Å²) in [6.45, 7) is 0.742. The maximum Gasteiger partial charge on any atom is 0.267 e. The van der Waals surface area contributed by atoms with E-state index >= 15 is 0 Å². The van der Waals surface area contributed by atoms with Crippen LogP contribution in [0.3, 0.4) is 0 Å². The number of aromatic nitrogens is 1. The smallest absolute Gasteiger partial charge is 0.267 e. The Hall–Kier alpha value is -2.05. The third-order valence-corrected chi connectivity index (χ3v) is 4.36. The summed E-state index contributed by atoms with van der Waals surface area (Å²) >= 11 is 0. The molecule has 2 fully saturated rings. The first-order valence-electron chi connectivity index (χ1n) is 7.77. The van der Waals surface area contributed by atoms with E-state index in [1.807, 2.05) is 0 Å². The lowest BCUT2D eigenvalue weighted by Gasteiger charge is -2.21. The number of carbonyl (C=O) groups excluding carboxylic acids is 2. The molecule has 1 aliphatic carbocycles. The Morgan fingerprint density at radius 3 is 2.78 bits per heavy atom. The van der Waals surface area contributed by atoms with E-state index in [9.17, 15) is 18.4 Å². The van der Waals surface area contributed by atoms with Gasteiger partial charge in [0.25, 0.3) is 11.8 Å². The van der Waals surface area contributed by atoms with E-state index in [0.29, 0.717) is 11.5 Å². The second-order valence-corrected chi connectivity index (χ2v) is 6.35. The van der Waals surface area contributed by atoms with Crippen LogP contribution in [0.5, 0.6) is 0 Å². The van der Waals surface area contributed by atoms with Gasteiger partial charge >= 0.3 is 0 Å². The summed E-state index contributed by atoms with van der Waals surface area (Å²) in [6, 6.07) is 1.11. The molecule has 1 saturated carbocycles. The average molecular weight is 323 g/mol. The van der Waals surface area contributed by atoms with Crippen LogP contribution in [0.1, 0.15) is 48.0 Å². The minimum Gasteiger partial charge on any atom is -0.343 e. The van der Waals surface area contributed by atoms with E-state index in [1.54, 1.807) is 19.2 Å². The Morgan fingerprint density at radius 1 is 1.43 bits per heavy atom. The van der Waals surface area contributed by atoms with Crippen molar-refractivity contribution < 1.29 is 18.4 Å². The fourth-order valence-electron chi connectivity index (χ4n) is 3.03.